The van der Waals surface area contributed by atoms with Gasteiger partial charge in [-0.15, -0.1) is 0 Å². The maximum absolute atomic E-state index is 13.4. The molecule has 7 nitrogen and oxygen atoms in total. The van der Waals surface area contributed by atoms with E-state index in [0.717, 1.165) is 16.9 Å². The number of nitrogens with two attached hydrogens (primary N) is 1. The van der Waals surface area contributed by atoms with Crippen LogP contribution in [0.2, 0.25) is 5.02 Å². The van der Waals surface area contributed by atoms with Gasteiger partial charge in [0.15, 0.2) is 0 Å². The first-order chi connectivity index (χ1) is 15.5. The number of benzene rings is 3. The Morgan fingerprint density at radius 1 is 1.09 bits per heavy atom. The Labute approximate surface area is 197 Å². The molecule has 0 radical (unpaired) electrons. The van der Waals surface area contributed by atoms with E-state index in [1.165, 1.54) is 12.1 Å². The largest absolute Gasteiger partial charge is 0.489 e. The van der Waals surface area contributed by atoms with Crippen molar-refractivity contribution in [3.8, 4) is 5.75 Å². The minimum absolute atomic E-state index is 0.401. The highest BCUT2D eigenvalue weighted by atomic mass is 35.5. The second kappa shape index (κ2) is 12.3. The Morgan fingerprint density at radius 3 is 2.30 bits per heavy atom. The average Bonchev–Trinajstić information content (AvgIpc) is 2.72. The quantitative estimate of drug-likeness (QED) is 0.409. The number of rotatable bonds is 8. The molecule has 33 heavy (non-hydrogen) atoms. The molecule has 0 aromatic heterocycles. The Kier molecular flexibility index (Phi) is 9.80. The van der Waals surface area contributed by atoms with Crippen LogP contribution < -0.4 is 15.8 Å². The molecular formula is C23H24ClFN2O5S. The number of halogens is 2. The molecule has 0 fully saturated rings. The van der Waals surface area contributed by atoms with Gasteiger partial charge in [-0.3, -0.25) is 14.7 Å². The van der Waals surface area contributed by atoms with E-state index < -0.39 is 27.9 Å². The molecule has 10 heteroatoms. The van der Waals surface area contributed by atoms with Gasteiger partial charge in [-0.1, -0.05) is 48.0 Å². The summed E-state index contributed by atoms with van der Waals surface area (Å²) in [6.45, 7) is 0.820. The molecule has 0 saturated carbocycles. The highest BCUT2D eigenvalue weighted by Gasteiger charge is 2.17. The standard InChI is InChI=1S/C22H20ClFN2O2.CH4O3S/c23-18-5-1-3-16(11-18)14-28-20-9-7-15(8-10-20)13-26-21(22(25)27)17-4-2-6-19(24)12-17;1-5(2,3)4/h1-12,21,26H,13-14H2,(H2,25,27);1H3,(H,2,3,4). The van der Waals surface area contributed by atoms with Crippen molar-refractivity contribution >= 4 is 27.6 Å². The van der Waals surface area contributed by atoms with Crippen LogP contribution in [0.1, 0.15) is 22.7 Å². The average molecular weight is 495 g/mol. The van der Waals surface area contributed by atoms with E-state index in [1.54, 1.807) is 12.1 Å². The third kappa shape index (κ3) is 10.5. The molecule has 0 spiro atoms. The van der Waals surface area contributed by atoms with Crippen LogP contribution in [-0.2, 0) is 28.1 Å². The molecule has 0 bridgehead atoms. The fraction of sp³-hybridized carbons (Fsp3) is 0.174. The second-order valence-corrected chi connectivity index (χ2v) is 8.97. The summed E-state index contributed by atoms with van der Waals surface area (Å²) in [5.41, 5.74) is 7.88. The first-order valence-electron chi connectivity index (χ1n) is 9.68. The molecule has 0 aliphatic rings. The fourth-order valence-electron chi connectivity index (χ4n) is 2.79. The van der Waals surface area contributed by atoms with Crippen molar-refractivity contribution in [2.45, 2.75) is 19.2 Å². The molecule has 1 unspecified atom stereocenters. The number of amides is 1. The van der Waals surface area contributed by atoms with Gasteiger partial charge in [0.1, 0.15) is 24.2 Å². The van der Waals surface area contributed by atoms with Gasteiger partial charge in [0, 0.05) is 11.6 Å². The lowest BCUT2D eigenvalue weighted by Gasteiger charge is -2.16. The number of carbonyl (C=O) groups excluding carboxylic acids is 1. The van der Waals surface area contributed by atoms with Gasteiger partial charge in [-0.05, 0) is 53.1 Å². The van der Waals surface area contributed by atoms with Crippen LogP contribution in [-0.4, -0.2) is 25.1 Å². The Morgan fingerprint density at radius 2 is 1.73 bits per heavy atom. The van der Waals surface area contributed by atoms with E-state index in [0.29, 0.717) is 30.0 Å². The summed E-state index contributed by atoms with van der Waals surface area (Å²) >= 11 is 5.97. The number of hydrogen-bond donors (Lipinski definition) is 3. The van der Waals surface area contributed by atoms with Crippen molar-refractivity contribution in [3.05, 3.63) is 100 Å². The van der Waals surface area contributed by atoms with Crippen LogP contribution in [0.3, 0.4) is 0 Å². The molecule has 0 aliphatic carbocycles. The number of hydrogen-bond acceptors (Lipinski definition) is 5. The first-order valence-corrected chi connectivity index (χ1v) is 11.9. The maximum atomic E-state index is 13.4. The molecule has 1 amide bonds. The molecular weight excluding hydrogens is 471 g/mol. The highest BCUT2D eigenvalue weighted by molar-refractivity contribution is 7.85. The third-order valence-electron chi connectivity index (χ3n) is 4.19. The third-order valence-corrected chi connectivity index (χ3v) is 4.43. The molecule has 1 atom stereocenters. The summed E-state index contributed by atoms with van der Waals surface area (Å²) < 4.78 is 45.0. The summed E-state index contributed by atoms with van der Waals surface area (Å²) in [6.07, 6.45) is 0.715. The van der Waals surface area contributed by atoms with Crippen molar-refractivity contribution < 1.29 is 26.9 Å². The highest BCUT2D eigenvalue weighted by Crippen LogP contribution is 2.18. The molecule has 4 N–H and O–H groups in total. The van der Waals surface area contributed by atoms with Crippen molar-refractivity contribution in [1.29, 1.82) is 0 Å². The Bertz CT molecular complexity index is 1170. The van der Waals surface area contributed by atoms with Gasteiger partial charge < -0.3 is 10.5 Å². The zero-order chi connectivity index (χ0) is 24.4. The van der Waals surface area contributed by atoms with E-state index in [1.807, 2.05) is 48.5 Å². The van der Waals surface area contributed by atoms with Gasteiger partial charge in [0.2, 0.25) is 5.91 Å². The topological polar surface area (TPSA) is 119 Å². The molecule has 0 aliphatic heterocycles. The van der Waals surface area contributed by atoms with Gasteiger partial charge in [-0.2, -0.15) is 8.42 Å². The minimum Gasteiger partial charge on any atom is -0.489 e. The van der Waals surface area contributed by atoms with Crippen molar-refractivity contribution in [2.24, 2.45) is 5.73 Å². The molecule has 3 aromatic rings. The fourth-order valence-corrected chi connectivity index (χ4v) is 3.00. The minimum atomic E-state index is -3.67. The van der Waals surface area contributed by atoms with Crippen molar-refractivity contribution in [1.82, 2.24) is 5.32 Å². The van der Waals surface area contributed by atoms with Gasteiger partial charge >= 0.3 is 0 Å². The van der Waals surface area contributed by atoms with Crippen LogP contribution >= 0.6 is 11.6 Å². The summed E-state index contributed by atoms with van der Waals surface area (Å²) in [4.78, 5) is 11.7. The van der Waals surface area contributed by atoms with E-state index in [9.17, 15) is 17.6 Å². The van der Waals surface area contributed by atoms with Crippen molar-refractivity contribution in [2.75, 3.05) is 6.26 Å². The number of primary amides is 1. The van der Waals surface area contributed by atoms with Crippen molar-refractivity contribution in [3.63, 3.8) is 0 Å². The lowest BCUT2D eigenvalue weighted by molar-refractivity contribution is -0.120. The smallest absolute Gasteiger partial charge is 0.261 e. The van der Waals surface area contributed by atoms with Crippen LogP contribution in [0.25, 0.3) is 0 Å². The number of carbonyl (C=O) groups is 1. The lowest BCUT2D eigenvalue weighted by Crippen LogP contribution is -2.33. The molecule has 0 heterocycles. The normalized spacial score (nSPS) is 11.8. The Hall–Kier alpha value is -2.98. The van der Waals surface area contributed by atoms with Gasteiger partial charge in [0.05, 0.1) is 6.26 Å². The molecule has 3 aromatic carbocycles. The molecule has 3 rings (SSSR count). The SMILES string of the molecule is CS(=O)(=O)O.NC(=O)C(NCc1ccc(OCc2cccc(Cl)c2)cc1)c1cccc(F)c1. The van der Waals surface area contributed by atoms with E-state index in [2.05, 4.69) is 5.32 Å². The van der Waals surface area contributed by atoms with Gasteiger partial charge in [-0.25, -0.2) is 4.39 Å². The zero-order valence-electron chi connectivity index (χ0n) is 17.7. The lowest BCUT2D eigenvalue weighted by atomic mass is 10.1. The van der Waals surface area contributed by atoms with Crippen LogP contribution in [0, 0.1) is 5.82 Å². The van der Waals surface area contributed by atoms with E-state index in [4.69, 9.17) is 26.6 Å². The second-order valence-electron chi connectivity index (χ2n) is 7.07. The number of ether oxygens (including phenoxy) is 1. The van der Waals surface area contributed by atoms with Crippen LogP contribution in [0.5, 0.6) is 5.75 Å². The Balaban J connectivity index is 0.000000696. The molecule has 176 valence electrons. The van der Waals surface area contributed by atoms with E-state index >= 15 is 0 Å². The molecule has 0 saturated heterocycles. The summed E-state index contributed by atoms with van der Waals surface area (Å²) in [5.74, 6) is -0.251. The number of nitrogens with one attached hydrogen (secondary N) is 1. The maximum Gasteiger partial charge on any atom is 0.261 e. The summed E-state index contributed by atoms with van der Waals surface area (Å²) in [5, 5.41) is 3.74. The predicted molar refractivity (Wildman–Crippen MR) is 125 cm³/mol. The monoisotopic (exact) mass is 494 g/mol. The summed E-state index contributed by atoms with van der Waals surface area (Å²) in [6, 6.07) is 20.1. The van der Waals surface area contributed by atoms with Crippen LogP contribution in [0.15, 0.2) is 72.8 Å². The first kappa shape index (κ1) is 26.3. The van der Waals surface area contributed by atoms with Crippen LogP contribution in [0.4, 0.5) is 4.39 Å². The summed E-state index contributed by atoms with van der Waals surface area (Å²) in [7, 11) is -3.67. The predicted octanol–water partition coefficient (Wildman–Crippen LogP) is 3.88. The zero-order valence-corrected chi connectivity index (χ0v) is 19.3. The van der Waals surface area contributed by atoms with Gasteiger partial charge in [0.25, 0.3) is 10.1 Å². The van der Waals surface area contributed by atoms with E-state index in [-0.39, 0.29) is 0 Å².